The molecule has 0 heterocycles. The summed E-state index contributed by atoms with van der Waals surface area (Å²) in [6.45, 7) is 3.06. The van der Waals surface area contributed by atoms with Crippen LogP contribution < -0.4 is 0 Å². The van der Waals surface area contributed by atoms with Gasteiger partial charge in [-0.15, -0.1) is 0 Å². The summed E-state index contributed by atoms with van der Waals surface area (Å²) < 4.78 is 0. The lowest BCUT2D eigenvalue weighted by atomic mass is 10.3. The monoisotopic (exact) mass is 196 g/mol. The fourth-order valence-electron chi connectivity index (χ4n) is 0.865. The van der Waals surface area contributed by atoms with Gasteiger partial charge in [-0.05, 0) is 13.8 Å². The molecule has 0 aromatic carbocycles. The van der Waals surface area contributed by atoms with Crippen LogP contribution in [-0.2, 0) is 9.59 Å². The highest BCUT2D eigenvalue weighted by atomic mass is 16.4. The van der Waals surface area contributed by atoms with Crippen LogP contribution in [-0.4, -0.2) is 34.5 Å². The molecule has 0 rings (SSSR count). The highest BCUT2D eigenvalue weighted by Crippen LogP contribution is 1.99. The lowest BCUT2D eigenvalue weighted by molar-refractivity contribution is -0.143. The number of aliphatic carboxylic acids is 1. The molecule has 5 heteroatoms. The zero-order valence-electron chi connectivity index (χ0n) is 8.10. The molecule has 0 aliphatic rings. The highest BCUT2D eigenvalue weighted by Gasteiger charge is 2.17. The molecule has 0 radical (unpaired) electrons. The molecule has 0 fully saturated rings. The third-order valence-corrected chi connectivity index (χ3v) is 1.51. The predicted molar refractivity (Wildman–Crippen MR) is 49.2 cm³/mol. The zero-order chi connectivity index (χ0) is 11.1. The average Bonchev–Trinajstić information content (AvgIpc) is 2.09. The average molecular weight is 196 g/mol. The summed E-state index contributed by atoms with van der Waals surface area (Å²) in [6.07, 6.45) is 2.09. The number of nitriles is 1. The third-order valence-electron chi connectivity index (χ3n) is 1.51. The van der Waals surface area contributed by atoms with Crippen LogP contribution in [0.3, 0.4) is 0 Å². The smallest absolute Gasteiger partial charge is 0.323 e. The summed E-state index contributed by atoms with van der Waals surface area (Å²) in [5.74, 6) is -1.54. The fraction of sp³-hybridized carbons (Fsp3) is 0.444. The Morgan fingerprint density at radius 3 is 2.50 bits per heavy atom. The Morgan fingerprint density at radius 2 is 2.14 bits per heavy atom. The maximum atomic E-state index is 11.3. The van der Waals surface area contributed by atoms with Crippen molar-refractivity contribution in [3.8, 4) is 6.07 Å². The number of rotatable bonds is 4. The van der Waals surface area contributed by atoms with Crippen molar-refractivity contribution in [3.05, 3.63) is 12.2 Å². The van der Waals surface area contributed by atoms with Crippen LogP contribution >= 0.6 is 0 Å². The second kappa shape index (κ2) is 5.75. The molecule has 0 saturated heterocycles. The van der Waals surface area contributed by atoms with E-state index in [2.05, 4.69) is 0 Å². The third kappa shape index (κ3) is 4.26. The number of carbonyl (C=O) groups is 2. The Morgan fingerprint density at radius 1 is 1.57 bits per heavy atom. The Kier molecular flexibility index (Phi) is 5.00. The SMILES string of the molecule is CC(C)N(CC(=O)O)C(=O)/C=C/C#N. The molecule has 0 unspecified atom stereocenters. The van der Waals surface area contributed by atoms with Gasteiger partial charge in [-0.25, -0.2) is 0 Å². The standard InChI is InChI=1S/C9H12N2O3/c1-7(2)11(6-9(13)14)8(12)4-3-5-10/h3-4,7H,6H2,1-2H3,(H,13,14)/b4-3+. The molecule has 5 nitrogen and oxygen atoms in total. The first-order valence-electron chi connectivity index (χ1n) is 4.07. The van der Waals surface area contributed by atoms with Gasteiger partial charge in [-0.2, -0.15) is 5.26 Å². The van der Waals surface area contributed by atoms with E-state index in [-0.39, 0.29) is 12.6 Å². The van der Waals surface area contributed by atoms with Gasteiger partial charge in [0, 0.05) is 18.2 Å². The number of carboxylic acids is 1. The Hall–Kier alpha value is -1.83. The lowest BCUT2D eigenvalue weighted by Gasteiger charge is -2.22. The molecular weight excluding hydrogens is 184 g/mol. The summed E-state index contributed by atoms with van der Waals surface area (Å²) in [6, 6.07) is 1.46. The van der Waals surface area contributed by atoms with Crippen molar-refractivity contribution in [2.45, 2.75) is 19.9 Å². The van der Waals surface area contributed by atoms with E-state index in [0.29, 0.717) is 0 Å². The maximum absolute atomic E-state index is 11.3. The molecule has 1 amide bonds. The van der Waals surface area contributed by atoms with Gasteiger partial charge in [0.25, 0.3) is 0 Å². The topological polar surface area (TPSA) is 81.4 Å². The normalized spacial score (nSPS) is 10.1. The number of allylic oxidation sites excluding steroid dienone is 1. The largest absolute Gasteiger partial charge is 0.480 e. The number of hydrogen-bond acceptors (Lipinski definition) is 3. The van der Waals surface area contributed by atoms with Gasteiger partial charge in [0.1, 0.15) is 6.54 Å². The number of carboxylic acid groups (broad SMARTS) is 1. The summed E-state index contributed by atoms with van der Waals surface area (Å²) in [5.41, 5.74) is 0. The van der Waals surface area contributed by atoms with E-state index in [0.717, 1.165) is 17.1 Å². The zero-order valence-corrected chi connectivity index (χ0v) is 8.10. The molecule has 0 aromatic rings. The minimum absolute atomic E-state index is 0.207. The maximum Gasteiger partial charge on any atom is 0.323 e. The Balaban J connectivity index is 4.51. The van der Waals surface area contributed by atoms with E-state index in [4.69, 9.17) is 10.4 Å². The van der Waals surface area contributed by atoms with Gasteiger partial charge in [0.15, 0.2) is 0 Å². The molecule has 1 N–H and O–H groups in total. The molecule has 0 bridgehead atoms. The van der Waals surface area contributed by atoms with Gasteiger partial charge >= 0.3 is 5.97 Å². The molecule has 0 aliphatic heterocycles. The van der Waals surface area contributed by atoms with Crippen LogP contribution in [0.4, 0.5) is 0 Å². The van der Waals surface area contributed by atoms with Gasteiger partial charge in [0.05, 0.1) is 6.07 Å². The lowest BCUT2D eigenvalue weighted by Crippen LogP contribution is -2.39. The highest BCUT2D eigenvalue weighted by molar-refractivity contribution is 5.90. The fourth-order valence-corrected chi connectivity index (χ4v) is 0.865. The number of hydrogen-bond donors (Lipinski definition) is 1. The molecule has 76 valence electrons. The van der Waals surface area contributed by atoms with Crippen LogP contribution in [0.2, 0.25) is 0 Å². The van der Waals surface area contributed by atoms with Crippen LogP contribution in [0.25, 0.3) is 0 Å². The Bertz CT molecular complexity index is 289. The second-order valence-electron chi connectivity index (χ2n) is 2.92. The van der Waals surface area contributed by atoms with Gasteiger partial charge in [0.2, 0.25) is 5.91 Å². The van der Waals surface area contributed by atoms with Crippen LogP contribution in [0.5, 0.6) is 0 Å². The van der Waals surface area contributed by atoms with Gasteiger partial charge in [-0.3, -0.25) is 9.59 Å². The predicted octanol–water partition coefficient (Wildman–Crippen LogP) is 0.388. The van der Waals surface area contributed by atoms with Gasteiger partial charge in [-0.1, -0.05) is 0 Å². The van der Waals surface area contributed by atoms with E-state index in [1.165, 1.54) is 0 Å². The molecule has 0 spiro atoms. The minimum atomic E-state index is -1.07. The van der Waals surface area contributed by atoms with Crippen LogP contribution in [0, 0.1) is 11.3 Å². The quantitative estimate of drug-likeness (QED) is 0.520. The van der Waals surface area contributed by atoms with Crippen molar-refractivity contribution < 1.29 is 14.7 Å². The first-order valence-corrected chi connectivity index (χ1v) is 4.07. The Labute approximate surface area is 82.2 Å². The summed E-state index contributed by atoms with van der Waals surface area (Å²) in [5, 5.41) is 16.7. The minimum Gasteiger partial charge on any atom is -0.480 e. The molecule has 0 aliphatic carbocycles. The van der Waals surface area contributed by atoms with Gasteiger partial charge < -0.3 is 10.0 Å². The van der Waals surface area contributed by atoms with Crippen molar-refractivity contribution >= 4 is 11.9 Å². The van der Waals surface area contributed by atoms with Crippen LogP contribution in [0.15, 0.2) is 12.2 Å². The van der Waals surface area contributed by atoms with Crippen molar-refractivity contribution in [1.82, 2.24) is 4.90 Å². The van der Waals surface area contributed by atoms with Crippen molar-refractivity contribution in [1.29, 1.82) is 5.26 Å². The summed E-state index contributed by atoms with van der Waals surface area (Å²) in [7, 11) is 0. The van der Waals surface area contributed by atoms with E-state index in [1.54, 1.807) is 19.9 Å². The second-order valence-corrected chi connectivity index (χ2v) is 2.92. The summed E-state index contributed by atoms with van der Waals surface area (Å²) >= 11 is 0. The van der Waals surface area contributed by atoms with Crippen molar-refractivity contribution in [2.24, 2.45) is 0 Å². The van der Waals surface area contributed by atoms with Crippen molar-refractivity contribution in [2.75, 3.05) is 6.54 Å². The number of carbonyl (C=O) groups excluding carboxylic acids is 1. The van der Waals surface area contributed by atoms with E-state index >= 15 is 0 Å². The molecule has 0 saturated carbocycles. The van der Waals surface area contributed by atoms with E-state index in [1.807, 2.05) is 0 Å². The van der Waals surface area contributed by atoms with E-state index in [9.17, 15) is 9.59 Å². The number of amides is 1. The summed E-state index contributed by atoms with van der Waals surface area (Å²) in [4.78, 5) is 22.9. The first kappa shape index (κ1) is 12.2. The van der Waals surface area contributed by atoms with Crippen LogP contribution in [0.1, 0.15) is 13.8 Å². The molecule has 14 heavy (non-hydrogen) atoms. The molecular formula is C9H12N2O3. The first-order chi connectivity index (χ1) is 6.49. The number of nitrogens with zero attached hydrogens (tertiary/aromatic N) is 2. The molecule has 0 atom stereocenters. The van der Waals surface area contributed by atoms with E-state index < -0.39 is 11.9 Å². The molecule has 0 aromatic heterocycles. The van der Waals surface area contributed by atoms with Crippen molar-refractivity contribution in [3.63, 3.8) is 0 Å².